The molecule has 2 aliphatic heterocycles. The molecule has 3 heterocycles. The molecule has 1 N–H and O–H groups in total. The Balaban J connectivity index is 1.51. The number of amides is 2. The van der Waals surface area contributed by atoms with Crippen LogP contribution in [0.3, 0.4) is 0 Å². The minimum absolute atomic E-state index is 0.0868. The van der Waals surface area contributed by atoms with Gasteiger partial charge < -0.3 is 14.8 Å². The van der Waals surface area contributed by atoms with Crippen LogP contribution in [0.2, 0.25) is 5.02 Å². The summed E-state index contributed by atoms with van der Waals surface area (Å²) in [6, 6.07) is 13.5. The van der Waals surface area contributed by atoms with Gasteiger partial charge in [0, 0.05) is 17.0 Å². The van der Waals surface area contributed by atoms with Crippen molar-refractivity contribution < 1.29 is 19.1 Å². The molecular weight excluding hydrogens is 560 g/mol. The maximum atomic E-state index is 13.9. The molecule has 10 heteroatoms. The van der Waals surface area contributed by atoms with E-state index in [1.54, 1.807) is 9.58 Å². The Labute approximate surface area is 249 Å². The highest BCUT2D eigenvalue weighted by Gasteiger charge is 2.40. The lowest BCUT2D eigenvalue weighted by Gasteiger charge is -2.27. The highest BCUT2D eigenvalue weighted by molar-refractivity contribution is 8.00. The maximum Gasteiger partial charge on any atom is 0.240 e. The van der Waals surface area contributed by atoms with Gasteiger partial charge in [0.15, 0.2) is 11.5 Å². The first-order valence-electron chi connectivity index (χ1n) is 14.2. The zero-order valence-electron chi connectivity index (χ0n) is 23.6. The van der Waals surface area contributed by atoms with Gasteiger partial charge in [0.2, 0.25) is 18.6 Å². The summed E-state index contributed by atoms with van der Waals surface area (Å²) in [5.41, 5.74) is 3.01. The van der Waals surface area contributed by atoms with Crippen LogP contribution in [0.1, 0.15) is 74.9 Å². The molecule has 0 bridgehead atoms. The van der Waals surface area contributed by atoms with Crippen LogP contribution >= 0.6 is 23.4 Å². The van der Waals surface area contributed by atoms with Gasteiger partial charge in [-0.2, -0.15) is 5.10 Å². The lowest BCUT2D eigenvalue weighted by Crippen LogP contribution is -2.46. The number of para-hydroxylation sites is 1. The third kappa shape index (κ3) is 5.54. The Morgan fingerprint density at radius 2 is 1.85 bits per heavy atom. The van der Waals surface area contributed by atoms with E-state index >= 15 is 0 Å². The van der Waals surface area contributed by atoms with E-state index in [1.807, 2.05) is 42.5 Å². The van der Waals surface area contributed by atoms with Crippen molar-refractivity contribution in [3.63, 3.8) is 0 Å². The van der Waals surface area contributed by atoms with Gasteiger partial charge >= 0.3 is 0 Å². The second kappa shape index (κ2) is 11.2. The summed E-state index contributed by atoms with van der Waals surface area (Å²) in [6.07, 6.45) is 5.36. The first-order valence-corrected chi connectivity index (χ1v) is 15.6. The van der Waals surface area contributed by atoms with Gasteiger partial charge in [-0.05, 0) is 42.7 Å². The zero-order chi connectivity index (χ0) is 28.7. The van der Waals surface area contributed by atoms with Crippen molar-refractivity contribution in [2.45, 2.75) is 69.6 Å². The second-order valence-corrected chi connectivity index (χ2v) is 13.4. The summed E-state index contributed by atoms with van der Waals surface area (Å²) >= 11 is 8.26. The summed E-state index contributed by atoms with van der Waals surface area (Å²) in [5.74, 6) is 1.86. The van der Waals surface area contributed by atoms with Crippen molar-refractivity contribution >= 4 is 41.0 Å². The lowest BCUT2D eigenvalue weighted by atomic mass is 9.87. The number of rotatable bonds is 5. The normalized spacial score (nSPS) is 19.2. The third-order valence-corrected chi connectivity index (χ3v) is 9.43. The van der Waals surface area contributed by atoms with Crippen LogP contribution in [0.15, 0.2) is 42.5 Å². The molecule has 0 radical (unpaired) electrons. The van der Waals surface area contributed by atoms with Crippen molar-refractivity contribution in [2.75, 3.05) is 24.0 Å². The SMILES string of the molecule is CC(C)(C)c1nn(-c2ccccc2Cl)c2c1C(c1ccc3c(c1)OCO3)SCC(=O)N2CC(=O)NC1CCCCC1. The van der Waals surface area contributed by atoms with E-state index in [0.29, 0.717) is 28.0 Å². The highest BCUT2D eigenvalue weighted by atomic mass is 35.5. The third-order valence-electron chi connectivity index (χ3n) is 7.85. The van der Waals surface area contributed by atoms with Gasteiger partial charge in [0.1, 0.15) is 12.4 Å². The van der Waals surface area contributed by atoms with Gasteiger partial charge in [-0.3, -0.25) is 14.5 Å². The molecule has 1 fully saturated rings. The number of fused-ring (bicyclic) bond motifs is 2. The fourth-order valence-electron chi connectivity index (χ4n) is 5.87. The van der Waals surface area contributed by atoms with Crippen LogP contribution in [0.25, 0.3) is 5.69 Å². The minimum atomic E-state index is -0.366. The summed E-state index contributed by atoms with van der Waals surface area (Å²) in [6.45, 7) is 6.43. The first-order chi connectivity index (χ1) is 19.7. The van der Waals surface area contributed by atoms with Crippen LogP contribution in [0.4, 0.5) is 5.82 Å². The molecule has 6 rings (SSSR count). The average molecular weight is 595 g/mol. The molecule has 8 nitrogen and oxygen atoms in total. The van der Waals surface area contributed by atoms with Crippen molar-refractivity contribution in [3.8, 4) is 17.2 Å². The van der Waals surface area contributed by atoms with E-state index in [1.165, 1.54) is 18.2 Å². The summed E-state index contributed by atoms with van der Waals surface area (Å²) in [5, 5.41) is 8.59. The van der Waals surface area contributed by atoms with Gasteiger partial charge in [-0.15, -0.1) is 11.8 Å². The number of nitrogens with one attached hydrogen (secondary N) is 1. The lowest BCUT2D eigenvalue weighted by molar-refractivity contribution is -0.123. The van der Waals surface area contributed by atoms with Crippen LogP contribution in [0, 0.1) is 0 Å². The number of carbonyl (C=O) groups is 2. The molecule has 1 aliphatic carbocycles. The molecule has 2 aromatic carbocycles. The second-order valence-electron chi connectivity index (χ2n) is 11.9. The number of anilines is 1. The molecule has 0 saturated heterocycles. The predicted molar refractivity (Wildman–Crippen MR) is 162 cm³/mol. The quantitative estimate of drug-likeness (QED) is 0.380. The molecule has 41 heavy (non-hydrogen) atoms. The molecule has 3 aromatic rings. The van der Waals surface area contributed by atoms with E-state index in [2.05, 4.69) is 26.1 Å². The summed E-state index contributed by atoms with van der Waals surface area (Å²) in [4.78, 5) is 29.0. The Hall–Kier alpha value is -3.17. The molecule has 2 amide bonds. The van der Waals surface area contributed by atoms with Gasteiger partial charge in [-0.25, -0.2) is 4.68 Å². The number of carbonyl (C=O) groups excluding carboxylic acids is 2. The van der Waals surface area contributed by atoms with Crippen molar-refractivity contribution in [1.82, 2.24) is 15.1 Å². The number of ether oxygens (including phenoxy) is 2. The number of nitrogens with zero attached hydrogens (tertiary/aromatic N) is 3. The van der Waals surface area contributed by atoms with Crippen LogP contribution in [-0.4, -0.2) is 46.7 Å². The topological polar surface area (TPSA) is 85.7 Å². The van der Waals surface area contributed by atoms with Gasteiger partial charge in [-0.1, -0.05) is 69.8 Å². The van der Waals surface area contributed by atoms with Crippen LogP contribution < -0.4 is 19.7 Å². The van der Waals surface area contributed by atoms with E-state index in [0.717, 1.165) is 42.5 Å². The average Bonchev–Trinajstić information content (AvgIpc) is 3.54. The number of halogens is 1. The van der Waals surface area contributed by atoms with Crippen LogP contribution in [0.5, 0.6) is 11.5 Å². The van der Waals surface area contributed by atoms with E-state index in [-0.39, 0.29) is 47.6 Å². The molecular formula is C31H35ClN4O4S. The summed E-state index contributed by atoms with van der Waals surface area (Å²) < 4.78 is 13.0. The fraction of sp³-hybridized carbons (Fsp3) is 0.452. The Bertz CT molecular complexity index is 1480. The largest absolute Gasteiger partial charge is 0.454 e. The van der Waals surface area contributed by atoms with Gasteiger partial charge in [0.25, 0.3) is 0 Å². The molecule has 1 atom stereocenters. The van der Waals surface area contributed by atoms with Crippen molar-refractivity contribution in [2.24, 2.45) is 0 Å². The minimum Gasteiger partial charge on any atom is -0.454 e. The van der Waals surface area contributed by atoms with Gasteiger partial charge in [0.05, 0.1) is 27.4 Å². The maximum absolute atomic E-state index is 13.9. The Kier molecular flexibility index (Phi) is 7.68. The first kappa shape index (κ1) is 28.0. The van der Waals surface area contributed by atoms with E-state index in [9.17, 15) is 9.59 Å². The molecule has 1 saturated carbocycles. The number of hydrogen-bond donors (Lipinski definition) is 1. The monoisotopic (exact) mass is 594 g/mol. The summed E-state index contributed by atoms with van der Waals surface area (Å²) in [7, 11) is 0. The molecule has 1 unspecified atom stereocenters. The number of aromatic nitrogens is 2. The highest BCUT2D eigenvalue weighted by Crippen LogP contribution is 2.50. The molecule has 0 spiro atoms. The molecule has 3 aliphatic rings. The number of thioether (sulfide) groups is 1. The number of hydrogen-bond acceptors (Lipinski definition) is 6. The number of benzene rings is 2. The van der Waals surface area contributed by atoms with Crippen molar-refractivity contribution in [3.05, 3.63) is 64.3 Å². The predicted octanol–water partition coefficient (Wildman–Crippen LogP) is 6.17. The molecule has 216 valence electrons. The smallest absolute Gasteiger partial charge is 0.240 e. The molecule has 1 aromatic heterocycles. The van der Waals surface area contributed by atoms with Crippen LogP contribution in [-0.2, 0) is 15.0 Å². The van der Waals surface area contributed by atoms with Crippen molar-refractivity contribution in [1.29, 1.82) is 0 Å². The zero-order valence-corrected chi connectivity index (χ0v) is 25.2. The fourth-order valence-corrected chi connectivity index (χ4v) is 7.27. The standard InChI is InChI=1S/C31H35ClN4O4S/c1-31(2,3)29-27-28(19-13-14-23-24(15-19)40-18-39-23)41-17-26(38)35(16-25(37)33-20-9-5-4-6-10-20)30(27)36(34-29)22-12-8-7-11-21(22)32/h7-8,11-15,20,28H,4-6,9-10,16-18H2,1-3H3,(H,33,37). The Morgan fingerprint density at radius 3 is 2.61 bits per heavy atom. The van der Waals surface area contributed by atoms with E-state index in [4.69, 9.17) is 26.2 Å². The van der Waals surface area contributed by atoms with E-state index < -0.39 is 0 Å². The Morgan fingerprint density at radius 1 is 1.10 bits per heavy atom.